The van der Waals surface area contributed by atoms with Gasteiger partial charge in [0.2, 0.25) is 0 Å². The first-order valence-corrected chi connectivity index (χ1v) is 6.19. The summed E-state index contributed by atoms with van der Waals surface area (Å²) in [5, 5.41) is 13.5. The van der Waals surface area contributed by atoms with Crippen LogP contribution in [0.25, 0.3) is 0 Å². The van der Waals surface area contributed by atoms with Gasteiger partial charge in [0.1, 0.15) is 5.69 Å². The molecule has 1 rings (SSSR count). The number of methoxy groups -OCH3 is 1. The maximum Gasteiger partial charge on any atom is 0.295 e. The fourth-order valence-electron chi connectivity index (χ4n) is 1.51. The van der Waals surface area contributed by atoms with Gasteiger partial charge in [-0.25, -0.2) is 4.39 Å². The summed E-state index contributed by atoms with van der Waals surface area (Å²) in [6.45, 7) is 8.63. The number of nitrogens with one attached hydrogen (secondary N) is 1. The number of allylic oxidation sites excluding steroid dienone is 3. The van der Waals surface area contributed by atoms with E-state index in [1.807, 2.05) is 0 Å². The van der Waals surface area contributed by atoms with Crippen molar-refractivity contribution in [3.05, 3.63) is 64.6 Å². The third-order valence-corrected chi connectivity index (χ3v) is 2.46. The van der Waals surface area contributed by atoms with E-state index in [2.05, 4.69) is 23.2 Å². The van der Waals surface area contributed by atoms with E-state index in [4.69, 9.17) is 5.73 Å². The Labute approximate surface area is 128 Å². The molecule has 0 saturated heterocycles. The zero-order valence-corrected chi connectivity index (χ0v) is 12.9. The highest BCUT2D eigenvalue weighted by molar-refractivity contribution is 5.72. The Bertz CT molecular complexity index is 598. The normalized spacial score (nSPS) is 10.3. The lowest BCUT2D eigenvalue weighted by atomic mass is 10.1. The Morgan fingerprint density at radius 3 is 2.45 bits per heavy atom. The van der Waals surface area contributed by atoms with E-state index >= 15 is 0 Å². The van der Waals surface area contributed by atoms with Crippen LogP contribution >= 0.6 is 0 Å². The van der Waals surface area contributed by atoms with Crippen LogP contribution in [0.1, 0.15) is 5.56 Å². The van der Waals surface area contributed by atoms with E-state index in [0.717, 1.165) is 0 Å². The van der Waals surface area contributed by atoms with E-state index in [1.54, 1.807) is 27.2 Å². The van der Waals surface area contributed by atoms with Gasteiger partial charge in [-0.3, -0.25) is 10.1 Å². The summed E-state index contributed by atoms with van der Waals surface area (Å²) in [7, 11) is 3.25. The van der Waals surface area contributed by atoms with Gasteiger partial charge in [-0.1, -0.05) is 19.2 Å². The highest BCUT2D eigenvalue weighted by Crippen LogP contribution is 2.33. The first kappa shape index (κ1) is 19.3. The van der Waals surface area contributed by atoms with Crippen molar-refractivity contribution in [2.75, 3.05) is 25.3 Å². The van der Waals surface area contributed by atoms with Crippen molar-refractivity contribution in [1.29, 1.82) is 0 Å². The molecule has 0 saturated carbocycles. The van der Waals surface area contributed by atoms with Crippen molar-refractivity contribution in [3.63, 3.8) is 0 Å². The molecule has 0 radical (unpaired) electrons. The zero-order chi connectivity index (χ0) is 17.3. The summed E-state index contributed by atoms with van der Waals surface area (Å²) in [6, 6.07) is 1.22. The summed E-state index contributed by atoms with van der Waals surface area (Å²) in [5.41, 5.74) is 5.43. The van der Waals surface area contributed by atoms with Gasteiger partial charge < -0.3 is 15.8 Å². The molecule has 0 aliphatic carbocycles. The van der Waals surface area contributed by atoms with Crippen LogP contribution in [0.15, 0.2) is 43.1 Å². The fourth-order valence-corrected chi connectivity index (χ4v) is 1.51. The average Bonchev–Trinajstić information content (AvgIpc) is 2.46. The van der Waals surface area contributed by atoms with Crippen molar-refractivity contribution in [1.82, 2.24) is 0 Å². The number of aryl methyl sites for hydroxylation is 1. The van der Waals surface area contributed by atoms with Gasteiger partial charge in [0.25, 0.3) is 5.69 Å². The zero-order valence-electron chi connectivity index (χ0n) is 12.9. The minimum atomic E-state index is -0.858. The molecule has 0 atom stereocenters. The molecule has 0 spiro atoms. The number of nitrogens with two attached hydrogens (primary N) is 1. The van der Waals surface area contributed by atoms with Gasteiger partial charge in [0, 0.05) is 26.0 Å². The average molecular weight is 309 g/mol. The second-order valence-corrected chi connectivity index (χ2v) is 4.17. The topological polar surface area (TPSA) is 90.4 Å². The molecule has 1 aromatic carbocycles. The number of rotatable bonds is 5. The highest BCUT2D eigenvalue weighted by atomic mass is 19.1. The lowest BCUT2D eigenvalue weighted by molar-refractivity contribution is -0.384. The van der Waals surface area contributed by atoms with Gasteiger partial charge >= 0.3 is 0 Å². The molecule has 0 aliphatic rings. The molecular weight excluding hydrogens is 289 g/mol. The number of ether oxygens (including phenoxy) is 1. The molecule has 0 heterocycles. The number of benzene rings is 1. The SMILES string of the molecule is C=C/C=C(\C=C)Nc1c(C)cc([N+](=O)[O-])c(N)c1F.COC. The predicted octanol–water partition coefficient (Wildman–Crippen LogP) is 3.55. The molecule has 22 heavy (non-hydrogen) atoms. The van der Waals surface area contributed by atoms with Crippen molar-refractivity contribution < 1.29 is 14.1 Å². The van der Waals surface area contributed by atoms with Crippen molar-refractivity contribution in [2.24, 2.45) is 0 Å². The Balaban J connectivity index is 0.00000135. The number of halogens is 1. The van der Waals surface area contributed by atoms with Crippen LogP contribution in [-0.2, 0) is 4.74 Å². The van der Waals surface area contributed by atoms with Gasteiger partial charge in [0.05, 0.1) is 10.6 Å². The Hall–Kier alpha value is -2.67. The van der Waals surface area contributed by atoms with Gasteiger partial charge in [-0.2, -0.15) is 0 Å². The second-order valence-electron chi connectivity index (χ2n) is 4.17. The Morgan fingerprint density at radius 1 is 1.50 bits per heavy atom. The summed E-state index contributed by atoms with van der Waals surface area (Å²) in [5.74, 6) is -0.858. The largest absolute Gasteiger partial charge is 0.391 e. The van der Waals surface area contributed by atoms with Crippen molar-refractivity contribution in [3.8, 4) is 0 Å². The van der Waals surface area contributed by atoms with Crippen molar-refractivity contribution >= 4 is 17.1 Å². The molecule has 0 bridgehead atoms. The van der Waals surface area contributed by atoms with Crippen LogP contribution in [-0.4, -0.2) is 19.1 Å². The second kappa shape index (κ2) is 9.30. The summed E-state index contributed by atoms with van der Waals surface area (Å²) < 4.78 is 18.3. The minimum absolute atomic E-state index is 0.0797. The minimum Gasteiger partial charge on any atom is -0.391 e. The number of anilines is 2. The number of nitro groups is 1. The van der Waals surface area contributed by atoms with E-state index < -0.39 is 22.1 Å². The van der Waals surface area contributed by atoms with Gasteiger partial charge in [-0.15, -0.1) is 0 Å². The Kier molecular flexibility index (Phi) is 8.17. The molecule has 0 aromatic heterocycles. The quantitative estimate of drug-likeness (QED) is 0.375. The van der Waals surface area contributed by atoms with Crippen molar-refractivity contribution in [2.45, 2.75) is 6.92 Å². The van der Waals surface area contributed by atoms with Crippen LogP contribution in [0.2, 0.25) is 0 Å². The number of nitrogen functional groups attached to an aromatic ring is 1. The molecule has 0 fully saturated rings. The highest BCUT2D eigenvalue weighted by Gasteiger charge is 2.21. The number of nitrogens with zero attached hydrogens (tertiary/aromatic N) is 1. The molecule has 6 nitrogen and oxygen atoms in total. The molecule has 1 aromatic rings. The smallest absolute Gasteiger partial charge is 0.295 e. The lowest BCUT2D eigenvalue weighted by Gasteiger charge is -2.12. The molecule has 7 heteroatoms. The molecular formula is C15H20FN3O3. The molecule has 0 unspecified atom stereocenters. The standard InChI is InChI=1S/C13H14FN3O2.C2H6O/c1-4-6-9(5-2)16-13-8(3)7-10(17(18)19)12(15)11(13)14;1-3-2/h4-7,16H,1-2,15H2,3H3;1-2H3/b9-6+;. The molecule has 0 aliphatic heterocycles. The van der Waals surface area contributed by atoms with E-state index in [0.29, 0.717) is 11.3 Å². The first-order chi connectivity index (χ1) is 10.3. The van der Waals surface area contributed by atoms with Crippen LogP contribution < -0.4 is 11.1 Å². The van der Waals surface area contributed by atoms with Crippen LogP contribution in [0.4, 0.5) is 21.5 Å². The summed E-state index contributed by atoms with van der Waals surface area (Å²) in [4.78, 5) is 10.00. The Morgan fingerprint density at radius 2 is 2.05 bits per heavy atom. The van der Waals surface area contributed by atoms with E-state index in [1.165, 1.54) is 18.2 Å². The number of nitro benzene ring substituents is 1. The predicted molar refractivity (Wildman–Crippen MR) is 87.2 cm³/mol. The monoisotopic (exact) mass is 309 g/mol. The summed E-state index contributed by atoms with van der Waals surface area (Å²) >= 11 is 0. The molecule has 120 valence electrons. The maximum absolute atomic E-state index is 14.0. The summed E-state index contributed by atoms with van der Waals surface area (Å²) in [6.07, 6.45) is 4.56. The number of hydrogen-bond donors (Lipinski definition) is 2. The van der Waals surface area contributed by atoms with Gasteiger partial charge in [0.15, 0.2) is 5.82 Å². The third kappa shape index (κ3) is 5.02. The molecule has 3 N–H and O–H groups in total. The maximum atomic E-state index is 14.0. The third-order valence-electron chi connectivity index (χ3n) is 2.46. The number of hydrogen-bond acceptors (Lipinski definition) is 5. The molecule has 0 amide bonds. The van der Waals surface area contributed by atoms with Gasteiger partial charge in [-0.05, 0) is 24.6 Å². The van der Waals surface area contributed by atoms with E-state index in [9.17, 15) is 14.5 Å². The van der Waals surface area contributed by atoms with Crippen LogP contribution in [0.3, 0.4) is 0 Å². The van der Waals surface area contributed by atoms with E-state index in [-0.39, 0.29) is 5.69 Å². The first-order valence-electron chi connectivity index (χ1n) is 6.19. The fraction of sp³-hybridized carbons (Fsp3) is 0.200. The van der Waals surface area contributed by atoms with Crippen LogP contribution in [0.5, 0.6) is 0 Å². The van der Waals surface area contributed by atoms with Crippen LogP contribution in [0, 0.1) is 22.9 Å². The lowest BCUT2D eigenvalue weighted by Crippen LogP contribution is -2.06.